The Morgan fingerprint density at radius 3 is 1.21 bits per heavy atom. The topological polar surface area (TPSA) is 101 Å². The normalized spacial score (nSPS) is 33.4. The molecule has 8 heteroatoms. The molecule has 2 aromatic carbocycles. The second-order valence-electron chi connectivity index (χ2n) is 12.4. The van der Waals surface area contributed by atoms with Crippen LogP contribution in [0.4, 0.5) is 11.4 Å². The average molecular weight is 555 g/mol. The number of allylic oxidation sites excluding steroid dienone is 4. The molecule has 4 aliphatic carbocycles. The zero-order valence-corrected chi connectivity index (χ0v) is 22.5. The Kier molecular flexibility index (Phi) is 4.79. The summed E-state index contributed by atoms with van der Waals surface area (Å²) in [6, 6.07) is 14.6. The second kappa shape index (κ2) is 8.41. The molecule has 3 aromatic rings. The van der Waals surface area contributed by atoms with E-state index in [0.29, 0.717) is 17.2 Å². The van der Waals surface area contributed by atoms with Crippen molar-refractivity contribution >= 4 is 35.0 Å². The lowest BCUT2D eigenvalue weighted by atomic mass is 9.85. The molecular weight excluding hydrogens is 528 g/mol. The van der Waals surface area contributed by atoms with E-state index in [1.165, 1.54) is 9.80 Å². The van der Waals surface area contributed by atoms with Gasteiger partial charge in [0.05, 0.1) is 35.0 Å². The Morgan fingerprint density at radius 2 is 0.833 bits per heavy atom. The molecule has 0 unspecified atom stereocenters. The maximum Gasteiger partial charge on any atom is 0.238 e. The highest BCUT2D eigenvalue weighted by Crippen LogP contribution is 2.54. The number of imide groups is 2. The largest absolute Gasteiger partial charge is 0.274 e. The maximum atomic E-state index is 13.1. The van der Waals surface area contributed by atoms with Crippen LogP contribution in [0.15, 0.2) is 85.2 Å². The third-order valence-corrected chi connectivity index (χ3v) is 10.4. The number of anilines is 2. The van der Waals surface area contributed by atoms with E-state index >= 15 is 0 Å². The lowest BCUT2D eigenvalue weighted by molar-refractivity contribution is -0.124. The Bertz CT molecular complexity index is 1570. The number of hydrogen-bond acceptors (Lipinski definition) is 6. The minimum Gasteiger partial charge on any atom is -0.274 e. The lowest BCUT2D eigenvalue weighted by Crippen LogP contribution is -2.32. The lowest BCUT2D eigenvalue weighted by Gasteiger charge is -2.18. The molecule has 0 radical (unpaired) electrons. The van der Waals surface area contributed by atoms with Crippen molar-refractivity contribution in [1.29, 1.82) is 0 Å². The van der Waals surface area contributed by atoms with Crippen LogP contribution in [0.2, 0.25) is 0 Å². The number of fused-ring (bicyclic) bond motifs is 10. The number of carbonyl (C=O) groups is 4. The number of benzene rings is 2. The molecule has 4 bridgehead atoms. The molecule has 4 fully saturated rings. The minimum atomic E-state index is -0.222. The molecule has 8 atom stereocenters. The van der Waals surface area contributed by atoms with Gasteiger partial charge in [0.2, 0.25) is 23.6 Å². The van der Waals surface area contributed by atoms with Crippen LogP contribution < -0.4 is 9.80 Å². The SMILES string of the molecule is O=C1[C@@H]2[C@H](C(=O)N1c1ccc(-c3ncc(-c4ccc(N5C(=O)[C@H]6[C@H](C5=O)[C@H]5C=C[C@H]6C5)cc4)cn3)cc1)[C@H]1C=C[C@H]2C1. The number of aromatic nitrogens is 2. The van der Waals surface area contributed by atoms with Gasteiger partial charge in [-0.1, -0.05) is 36.4 Å². The van der Waals surface area contributed by atoms with Crippen LogP contribution in [-0.2, 0) is 19.2 Å². The van der Waals surface area contributed by atoms with E-state index in [1.807, 2.05) is 36.4 Å². The summed E-state index contributed by atoms with van der Waals surface area (Å²) < 4.78 is 0. The molecule has 42 heavy (non-hydrogen) atoms. The van der Waals surface area contributed by atoms with Gasteiger partial charge >= 0.3 is 0 Å². The van der Waals surface area contributed by atoms with Crippen molar-refractivity contribution in [3.8, 4) is 22.5 Å². The average Bonchev–Trinajstić information content (AvgIpc) is 3.87. The number of nitrogens with zero attached hydrogens (tertiary/aromatic N) is 4. The van der Waals surface area contributed by atoms with Crippen molar-refractivity contribution in [2.75, 3.05) is 9.80 Å². The Morgan fingerprint density at radius 1 is 0.476 bits per heavy atom. The first-order chi connectivity index (χ1) is 20.5. The zero-order valence-electron chi connectivity index (χ0n) is 22.5. The quantitative estimate of drug-likeness (QED) is 0.349. The fourth-order valence-electron chi connectivity index (χ4n) is 8.50. The van der Waals surface area contributed by atoms with E-state index in [1.54, 1.807) is 24.5 Å². The first-order valence-electron chi connectivity index (χ1n) is 14.6. The number of carbonyl (C=O) groups excluding carboxylic acids is 4. The van der Waals surface area contributed by atoms with Gasteiger partial charge in [-0.3, -0.25) is 29.0 Å². The molecule has 2 saturated heterocycles. The highest BCUT2D eigenvalue weighted by atomic mass is 16.2. The molecular formula is C34H26N4O4. The second-order valence-corrected chi connectivity index (χ2v) is 12.4. The molecule has 206 valence electrons. The summed E-state index contributed by atoms with van der Waals surface area (Å²) in [6.07, 6.45) is 13.7. The van der Waals surface area contributed by atoms with Crippen LogP contribution in [0, 0.1) is 47.3 Å². The summed E-state index contributed by atoms with van der Waals surface area (Å²) >= 11 is 0. The molecule has 8 nitrogen and oxygen atoms in total. The molecule has 2 saturated carbocycles. The van der Waals surface area contributed by atoms with Crippen LogP contribution in [0.3, 0.4) is 0 Å². The van der Waals surface area contributed by atoms with Gasteiger partial charge in [-0.05, 0) is 78.5 Å². The minimum absolute atomic E-state index is 0.0845. The van der Waals surface area contributed by atoms with E-state index in [9.17, 15) is 19.2 Å². The van der Waals surface area contributed by atoms with Gasteiger partial charge in [-0.15, -0.1) is 0 Å². The molecule has 4 amide bonds. The molecule has 9 rings (SSSR count). The summed E-state index contributed by atoms with van der Waals surface area (Å²) in [4.78, 5) is 64.3. The maximum absolute atomic E-state index is 13.1. The van der Waals surface area contributed by atoms with Gasteiger partial charge in [-0.25, -0.2) is 9.97 Å². The Balaban J connectivity index is 0.912. The molecule has 1 aromatic heterocycles. The summed E-state index contributed by atoms with van der Waals surface area (Å²) in [7, 11) is 0. The predicted octanol–water partition coefficient (Wildman–Crippen LogP) is 4.43. The van der Waals surface area contributed by atoms with Crippen LogP contribution >= 0.6 is 0 Å². The van der Waals surface area contributed by atoms with E-state index < -0.39 is 0 Å². The number of rotatable bonds is 4. The van der Waals surface area contributed by atoms with Gasteiger partial charge in [0, 0.05) is 23.5 Å². The molecule has 2 aliphatic heterocycles. The van der Waals surface area contributed by atoms with Gasteiger partial charge in [0.1, 0.15) is 0 Å². The van der Waals surface area contributed by atoms with Gasteiger partial charge in [-0.2, -0.15) is 0 Å². The zero-order chi connectivity index (χ0) is 28.3. The van der Waals surface area contributed by atoms with Crippen LogP contribution in [0.1, 0.15) is 12.8 Å². The number of hydrogen-bond donors (Lipinski definition) is 0. The Labute approximate surface area is 241 Å². The van der Waals surface area contributed by atoms with Crippen molar-refractivity contribution < 1.29 is 19.2 Å². The van der Waals surface area contributed by atoms with E-state index in [4.69, 9.17) is 0 Å². The van der Waals surface area contributed by atoms with Crippen molar-refractivity contribution in [1.82, 2.24) is 9.97 Å². The third-order valence-electron chi connectivity index (χ3n) is 10.4. The molecule has 3 heterocycles. The molecule has 6 aliphatic rings. The van der Waals surface area contributed by atoms with Crippen LogP contribution in [0.25, 0.3) is 22.5 Å². The van der Waals surface area contributed by atoms with Gasteiger partial charge < -0.3 is 0 Å². The van der Waals surface area contributed by atoms with E-state index in [0.717, 1.165) is 29.5 Å². The summed E-state index contributed by atoms with van der Waals surface area (Å²) in [5.74, 6) is 0.0362. The van der Waals surface area contributed by atoms with Crippen molar-refractivity contribution in [2.45, 2.75) is 12.8 Å². The van der Waals surface area contributed by atoms with Gasteiger partial charge in [0.25, 0.3) is 0 Å². The fourth-order valence-corrected chi connectivity index (χ4v) is 8.50. The van der Waals surface area contributed by atoms with E-state index in [-0.39, 0.29) is 71.0 Å². The van der Waals surface area contributed by atoms with Crippen molar-refractivity contribution in [2.24, 2.45) is 47.3 Å². The standard InChI is InChI=1S/C34H26N4O4/c39-31-26-19-1-2-20(13-19)27(26)32(40)37(31)24-9-5-17(6-10-24)23-15-35-30(36-16-23)18-7-11-25(12-8-18)38-33(41)28-21-3-4-22(14-21)29(28)34(38)42/h1-12,15-16,19-22,26-29H,13-14H2/t19-,20-,21-,22-,26+,27+,28-,29+/m0/s1. The summed E-state index contributed by atoms with van der Waals surface area (Å²) in [6.45, 7) is 0. The summed E-state index contributed by atoms with van der Waals surface area (Å²) in [5, 5.41) is 0. The molecule has 0 spiro atoms. The predicted molar refractivity (Wildman–Crippen MR) is 153 cm³/mol. The molecule has 0 N–H and O–H groups in total. The summed E-state index contributed by atoms with van der Waals surface area (Å²) in [5.41, 5.74) is 3.65. The Hall–Kier alpha value is -4.72. The smallest absolute Gasteiger partial charge is 0.238 e. The van der Waals surface area contributed by atoms with Crippen molar-refractivity contribution in [3.05, 3.63) is 85.2 Å². The highest BCUT2D eigenvalue weighted by molar-refractivity contribution is 6.23. The first-order valence-corrected chi connectivity index (χ1v) is 14.6. The monoisotopic (exact) mass is 554 g/mol. The highest BCUT2D eigenvalue weighted by Gasteiger charge is 2.60. The fraction of sp³-hybridized carbons (Fsp3) is 0.294. The third kappa shape index (κ3) is 3.12. The van der Waals surface area contributed by atoms with Crippen LogP contribution in [-0.4, -0.2) is 33.6 Å². The van der Waals surface area contributed by atoms with Gasteiger partial charge in [0.15, 0.2) is 5.82 Å². The van der Waals surface area contributed by atoms with Crippen LogP contribution in [0.5, 0.6) is 0 Å². The number of amides is 4. The van der Waals surface area contributed by atoms with Crippen molar-refractivity contribution in [3.63, 3.8) is 0 Å². The van der Waals surface area contributed by atoms with E-state index in [2.05, 4.69) is 34.3 Å². The first kappa shape index (κ1) is 23.9.